The maximum Gasteiger partial charge on any atom is 0.255 e. The Balaban J connectivity index is 1.63. The van der Waals surface area contributed by atoms with Gasteiger partial charge in [-0.2, -0.15) is 0 Å². The maximum absolute atomic E-state index is 12.2. The van der Waals surface area contributed by atoms with Crippen LogP contribution in [-0.2, 0) is 0 Å². The van der Waals surface area contributed by atoms with Crippen molar-refractivity contribution in [1.29, 1.82) is 0 Å². The number of hydrogen-bond donors (Lipinski definition) is 1. The Hall–Kier alpha value is -3.54. The summed E-state index contributed by atoms with van der Waals surface area (Å²) >= 11 is 0. The molecule has 24 heavy (non-hydrogen) atoms. The number of amides is 1. The van der Waals surface area contributed by atoms with Gasteiger partial charge in [-0.05, 0) is 36.4 Å². The molecule has 1 aromatic carbocycles. The molecule has 3 aromatic heterocycles. The normalized spacial score (nSPS) is 10.7. The van der Waals surface area contributed by atoms with Crippen molar-refractivity contribution in [2.24, 2.45) is 0 Å². The molecule has 1 amide bonds. The molecule has 0 aliphatic carbocycles. The number of carbonyl (C=O) groups is 1. The lowest BCUT2D eigenvalue weighted by atomic mass is 10.2. The Morgan fingerprint density at radius 3 is 2.38 bits per heavy atom. The number of hydrogen-bond acceptors (Lipinski definition) is 5. The summed E-state index contributed by atoms with van der Waals surface area (Å²) < 4.78 is 5.78. The first-order valence-corrected chi connectivity index (χ1v) is 7.32. The molecule has 6 nitrogen and oxygen atoms in total. The van der Waals surface area contributed by atoms with Crippen LogP contribution in [0.3, 0.4) is 0 Å². The highest BCUT2D eigenvalue weighted by atomic mass is 16.3. The highest BCUT2D eigenvalue weighted by Gasteiger charge is 2.10. The summed E-state index contributed by atoms with van der Waals surface area (Å²) in [4.78, 5) is 24.5. The van der Waals surface area contributed by atoms with Gasteiger partial charge in [-0.3, -0.25) is 14.8 Å². The van der Waals surface area contributed by atoms with Crippen molar-refractivity contribution in [3.05, 3.63) is 72.8 Å². The number of nitrogens with zero attached hydrogens (tertiary/aromatic N) is 3. The van der Waals surface area contributed by atoms with Gasteiger partial charge in [-0.1, -0.05) is 0 Å². The first-order chi connectivity index (χ1) is 11.8. The van der Waals surface area contributed by atoms with E-state index >= 15 is 0 Å². The van der Waals surface area contributed by atoms with Gasteiger partial charge in [0.05, 0.1) is 0 Å². The van der Waals surface area contributed by atoms with E-state index in [0.717, 1.165) is 11.1 Å². The molecule has 0 aliphatic rings. The average molecular weight is 316 g/mol. The van der Waals surface area contributed by atoms with E-state index in [1.165, 1.54) is 0 Å². The zero-order chi connectivity index (χ0) is 16.4. The summed E-state index contributed by atoms with van der Waals surface area (Å²) in [6, 6.07) is 12.3. The van der Waals surface area contributed by atoms with Crippen LogP contribution in [0, 0.1) is 0 Å². The van der Waals surface area contributed by atoms with Crippen LogP contribution in [0.15, 0.2) is 71.7 Å². The quantitative estimate of drug-likeness (QED) is 0.625. The first kappa shape index (κ1) is 14.1. The smallest absolute Gasteiger partial charge is 0.255 e. The van der Waals surface area contributed by atoms with E-state index < -0.39 is 0 Å². The van der Waals surface area contributed by atoms with E-state index in [2.05, 4.69) is 20.3 Å². The largest absolute Gasteiger partial charge is 0.436 e. The molecule has 0 radical (unpaired) electrons. The molecule has 1 N–H and O–H groups in total. The Morgan fingerprint density at radius 2 is 1.62 bits per heavy atom. The minimum Gasteiger partial charge on any atom is -0.436 e. The number of oxazole rings is 1. The molecule has 0 saturated heterocycles. The summed E-state index contributed by atoms with van der Waals surface area (Å²) in [5.41, 5.74) is 3.36. The number of fused-ring (bicyclic) bond motifs is 1. The van der Waals surface area contributed by atoms with Crippen molar-refractivity contribution in [2.45, 2.75) is 0 Å². The number of anilines is 1. The Labute approximate surface area is 137 Å². The van der Waals surface area contributed by atoms with Crippen LogP contribution in [0.2, 0.25) is 0 Å². The molecular weight excluding hydrogens is 304 g/mol. The second-order valence-corrected chi connectivity index (χ2v) is 5.13. The topological polar surface area (TPSA) is 80.9 Å². The lowest BCUT2D eigenvalue weighted by molar-refractivity contribution is 0.102. The average Bonchev–Trinajstić information content (AvgIpc) is 3.06. The fourth-order valence-electron chi connectivity index (χ4n) is 2.33. The van der Waals surface area contributed by atoms with Crippen molar-refractivity contribution >= 4 is 22.7 Å². The van der Waals surface area contributed by atoms with Crippen LogP contribution in [-0.4, -0.2) is 20.9 Å². The van der Waals surface area contributed by atoms with Gasteiger partial charge >= 0.3 is 0 Å². The van der Waals surface area contributed by atoms with E-state index in [4.69, 9.17) is 4.42 Å². The number of pyridine rings is 2. The summed E-state index contributed by atoms with van der Waals surface area (Å²) in [6.45, 7) is 0. The standard InChI is InChI=1S/C18H12N4O2/c23-17(12-3-7-19-8-4-12)21-14-1-2-15-16(11-14)24-18(22-15)13-5-9-20-10-6-13/h1-11H,(H,21,23). The molecule has 0 unspecified atom stereocenters. The lowest BCUT2D eigenvalue weighted by Crippen LogP contribution is -2.11. The molecule has 4 aromatic rings. The third kappa shape index (κ3) is 2.72. The van der Waals surface area contributed by atoms with Crippen LogP contribution in [0.5, 0.6) is 0 Å². The monoisotopic (exact) mass is 316 g/mol. The predicted octanol–water partition coefficient (Wildman–Crippen LogP) is 3.54. The van der Waals surface area contributed by atoms with Crippen molar-refractivity contribution in [3.63, 3.8) is 0 Å². The van der Waals surface area contributed by atoms with Crippen LogP contribution >= 0.6 is 0 Å². The van der Waals surface area contributed by atoms with Crippen LogP contribution < -0.4 is 5.32 Å². The molecule has 0 atom stereocenters. The molecule has 4 rings (SSSR count). The molecule has 6 heteroatoms. The van der Waals surface area contributed by atoms with Crippen LogP contribution in [0.25, 0.3) is 22.6 Å². The minimum atomic E-state index is -0.203. The van der Waals surface area contributed by atoms with Crippen molar-refractivity contribution < 1.29 is 9.21 Å². The van der Waals surface area contributed by atoms with Gasteiger partial charge in [0, 0.05) is 47.7 Å². The summed E-state index contributed by atoms with van der Waals surface area (Å²) in [5.74, 6) is 0.315. The van der Waals surface area contributed by atoms with Crippen LogP contribution in [0.4, 0.5) is 5.69 Å². The second-order valence-electron chi connectivity index (χ2n) is 5.13. The van der Waals surface area contributed by atoms with Gasteiger partial charge in [0.15, 0.2) is 5.58 Å². The molecule has 3 heterocycles. The highest BCUT2D eigenvalue weighted by molar-refractivity contribution is 6.04. The Morgan fingerprint density at radius 1 is 0.917 bits per heavy atom. The molecule has 0 aliphatic heterocycles. The fraction of sp³-hybridized carbons (Fsp3) is 0. The molecule has 0 saturated carbocycles. The molecular formula is C18H12N4O2. The highest BCUT2D eigenvalue weighted by Crippen LogP contribution is 2.26. The van der Waals surface area contributed by atoms with Crippen molar-refractivity contribution in [2.75, 3.05) is 5.32 Å². The third-order valence-corrected chi connectivity index (χ3v) is 3.52. The molecule has 116 valence electrons. The van der Waals surface area contributed by atoms with Crippen molar-refractivity contribution in [3.8, 4) is 11.5 Å². The fourth-order valence-corrected chi connectivity index (χ4v) is 2.33. The molecule has 0 fully saturated rings. The number of aromatic nitrogens is 3. The van der Waals surface area contributed by atoms with E-state index in [1.54, 1.807) is 49.1 Å². The van der Waals surface area contributed by atoms with E-state index in [0.29, 0.717) is 22.7 Å². The van der Waals surface area contributed by atoms with Gasteiger partial charge in [-0.25, -0.2) is 4.98 Å². The third-order valence-electron chi connectivity index (χ3n) is 3.52. The number of nitrogens with one attached hydrogen (secondary N) is 1. The maximum atomic E-state index is 12.2. The summed E-state index contributed by atoms with van der Waals surface area (Å²) in [6.07, 6.45) is 6.53. The van der Waals surface area contributed by atoms with E-state index in [1.807, 2.05) is 18.2 Å². The summed E-state index contributed by atoms with van der Waals surface area (Å²) in [5, 5.41) is 2.83. The molecule has 0 spiro atoms. The predicted molar refractivity (Wildman–Crippen MR) is 89.4 cm³/mol. The van der Waals surface area contributed by atoms with Crippen LogP contribution in [0.1, 0.15) is 10.4 Å². The van der Waals surface area contributed by atoms with Gasteiger partial charge in [-0.15, -0.1) is 0 Å². The number of carbonyl (C=O) groups excluding carboxylic acids is 1. The zero-order valence-corrected chi connectivity index (χ0v) is 12.5. The minimum absolute atomic E-state index is 0.203. The van der Waals surface area contributed by atoms with Gasteiger partial charge in [0.25, 0.3) is 5.91 Å². The van der Waals surface area contributed by atoms with E-state index in [9.17, 15) is 4.79 Å². The lowest BCUT2D eigenvalue weighted by Gasteiger charge is -2.04. The van der Waals surface area contributed by atoms with Crippen molar-refractivity contribution in [1.82, 2.24) is 15.0 Å². The zero-order valence-electron chi connectivity index (χ0n) is 12.5. The number of rotatable bonds is 3. The van der Waals surface area contributed by atoms with Gasteiger partial charge in [0.1, 0.15) is 5.52 Å². The first-order valence-electron chi connectivity index (χ1n) is 7.32. The Bertz CT molecular complexity index is 997. The summed E-state index contributed by atoms with van der Waals surface area (Å²) in [7, 11) is 0. The van der Waals surface area contributed by atoms with Gasteiger partial charge < -0.3 is 9.73 Å². The van der Waals surface area contributed by atoms with E-state index in [-0.39, 0.29) is 5.91 Å². The molecule has 0 bridgehead atoms. The Kier molecular flexibility index (Phi) is 3.47. The number of benzene rings is 1. The second kappa shape index (κ2) is 5.92. The van der Waals surface area contributed by atoms with Gasteiger partial charge in [0.2, 0.25) is 5.89 Å². The SMILES string of the molecule is O=C(Nc1ccc2nc(-c3ccncc3)oc2c1)c1ccncc1.